The Balaban J connectivity index is 1.63. The predicted molar refractivity (Wildman–Crippen MR) is 133 cm³/mol. The van der Waals surface area contributed by atoms with Crippen LogP contribution in [0.15, 0.2) is 71.8 Å². The van der Waals surface area contributed by atoms with Gasteiger partial charge in [-0.3, -0.25) is 9.59 Å². The Hall–Kier alpha value is -4.13. The summed E-state index contributed by atoms with van der Waals surface area (Å²) in [6, 6.07) is 20.8. The molecule has 3 aromatic carbocycles. The van der Waals surface area contributed by atoms with Crippen molar-refractivity contribution in [3.63, 3.8) is 0 Å². The number of nitrogens with zero attached hydrogens (tertiary/aromatic N) is 1. The van der Waals surface area contributed by atoms with E-state index in [1.165, 1.54) is 5.56 Å². The van der Waals surface area contributed by atoms with Crippen LogP contribution in [0.25, 0.3) is 0 Å². The number of aryl methyl sites for hydroxylation is 2. The number of hydrogen-bond donors (Lipinski definition) is 2. The second kappa shape index (κ2) is 11.7. The fraction of sp³-hybridized carbons (Fsp3) is 0.222. The Kier molecular flexibility index (Phi) is 8.40. The van der Waals surface area contributed by atoms with Gasteiger partial charge in [0.2, 0.25) is 0 Å². The summed E-state index contributed by atoms with van der Waals surface area (Å²) in [5.41, 5.74) is 7.33. The summed E-state index contributed by atoms with van der Waals surface area (Å²) in [6.45, 7) is 6.16. The summed E-state index contributed by atoms with van der Waals surface area (Å²) >= 11 is 0. The van der Waals surface area contributed by atoms with Crippen molar-refractivity contribution in [1.29, 1.82) is 0 Å². The molecule has 0 aliphatic heterocycles. The molecule has 2 amide bonds. The lowest BCUT2D eigenvalue weighted by Crippen LogP contribution is -2.33. The summed E-state index contributed by atoms with van der Waals surface area (Å²) in [5.74, 6) is -0.498. The number of carbonyl (C=O) groups is 2. The maximum absolute atomic E-state index is 12.3. The lowest BCUT2D eigenvalue weighted by atomic mass is 10.1. The lowest BCUT2D eigenvalue weighted by molar-refractivity contribution is -0.136. The van der Waals surface area contributed by atoms with Gasteiger partial charge in [0.1, 0.15) is 6.61 Å². The first-order valence-corrected chi connectivity index (χ1v) is 11.0. The molecule has 3 rings (SSSR count). The molecular formula is C27H29N3O4. The van der Waals surface area contributed by atoms with Gasteiger partial charge in [0.25, 0.3) is 0 Å². The van der Waals surface area contributed by atoms with E-state index < -0.39 is 11.8 Å². The van der Waals surface area contributed by atoms with E-state index in [-0.39, 0.29) is 0 Å². The molecule has 2 N–H and O–H groups in total. The van der Waals surface area contributed by atoms with Crippen LogP contribution in [0.5, 0.6) is 11.5 Å². The molecule has 0 fully saturated rings. The highest BCUT2D eigenvalue weighted by atomic mass is 16.5. The van der Waals surface area contributed by atoms with Gasteiger partial charge < -0.3 is 14.8 Å². The molecule has 0 saturated carbocycles. The molecule has 0 spiro atoms. The molecule has 7 nitrogen and oxygen atoms in total. The molecule has 3 aromatic rings. The van der Waals surface area contributed by atoms with Crippen LogP contribution in [0.2, 0.25) is 0 Å². The molecule has 7 heteroatoms. The molecule has 0 aliphatic rings. The van der Waals surface area contributed by atoms with Crippen molar-refractivity contribution in [2.75, 3.05) is 12.4 Å². The third kappa shape index (κ3) is 6.45. The first-order chi connectivity index (χ1) is 16.4. The number of ether oxygens (including phenoxy) is 2. The zero-order valence-electron chi connectivity index (χ0n) is 19.8. The molecule has 0 unspecified atom stereocenters. The van der Waals surface area contributed by atoms with E-state index in [0.29, 0.717) is 29.5 Å². The fourth-order valence-corrected chi connectivity index (χ4v) is 3.24. The highest BCUT2D eigenvalue weighted by Crippen LogP contribution is 2.29. The molecule has 34 heavy (non-hydrogen) atoms. The zero-order chi connectivity index (χ0) is 24.5. The maximum atomic E-state index is 12.3. The number of para-hydroxylation sites is 1. The minimum Gasteiger partial charge on any atom is -0.493 e. The molecule has 176 valence electrons. The molecule has 0 saturated heterocycles. The van der Waals surface area contributed by atoms with Crippen LogP contribution in [0, 0.1) is 6.92 Å². The summed E-state index contributed by atoms with van der Waals surface area (Å²) in [4.78, 5) is 24.5. The zero-order valence-corrected chi connectivity index (χ0v) is 19.8. The minimum absolute atomic E-state index is 0.412. The summed E-state index contributed by atoms with van der Waals surface area (Å²) in [6.07, 6.45) is 0.738. The van der Waals surface area contributed by atoms with Crippen molar-refractivity contribution in [3.05, 3.63) is 89.0 Å². The average molecular weight is 460 g/mol. The van der Waals surface area contributed by atoms with Gasteiger partial charge in [-0.2, -0.15) is 5.10 Å². The van der Waals surface area contributed by atoms with E-state index in [1.54, 1.807) is 38.3 Å². The van der Waals surface area contributed by atoms with Crippen molar-refractivity contribution in [1.82, 2.24) is 5.43 Å². The third-order valence-electron chi connectivity index (χ3n) is 5.27. The van der Waals surface area contributed by atoms with Gasteiger partial charge >= 0.3 is 11.8 Å². The highest BCUT2D eigenvalue weighted by molar-refractivity contribution is 6.39. The van der Waals surface area contributed by atoms with Gasteiger partial charge in [-0.25, -0.2) is 5.43 Å². The summed E-state index contributed by atoms with van der Waals surface area (Å²) in [7, 11) is 1.56. The van der Waals surface area contributed by atoms with Crippen LogP contribution in [0.3, 0.4) is 0 Å². The number of amides is 2. The summed E-state index contributed by atoms with van der Waals surface area (Å²) < 4.78 is 11.4. The van der Waals surface area contributed by atoms with E-state index in [1.807, 2.05) is 56.3 Å². The van der Waals surface area contributed by atoms with Crippen LogP contribution in [0.4, 0.5) is 5.69 Å². The minimum atomic E-state index is -0.852. The van der Waals surface area contributed by atoms with Crippen LogP contribution < -0.4 is 20.2 Å². The van der Waals surface area contributed by atoms with E-state index in [0.717, 1.165) is 23.1 Å². The smallest absolute Gasteiger partial charge is 0.329 e. The van der Waals surface area contributed by atoms with Crippen LogP contribution in [-0.2, 0) is 22.6 Å². The number of carbonyl (C=O) groups excluding carboxylic acids is 2. The lowest BCUT2D eigenvalue weighted by Gasteiger charge is -2.12. The van der Waals surface area contributed by atoms with Gasteiger partial charge in [-0.15, -0.1) is 0 Å². The van der Waals surface area contributed by atoms with Crippen LogP contribution in [0.1, 0.15) is 36.1 Å². The van der Waals surface area contributed by atoms with E-state index in [2.05, 4.69) is 15.8 Å². The normalized spacial score (nSPS) is 11.0. The number of nitrogens with one attached hydrogen (secondary N) is 2. The molecule has 0 bridgehead atoms. The number of hydrogen-bond acceptors (Lipinski definition) is 5. The van der Waals surface area contributed by atoms with Gasteiger partial charge in [0, 0.05) is 11.3 Å². The van der Waals surface area contributed by atoms with Crippen molar-refractivity contribution >= 4 is 23.2 Å². The molecular weight excluding hydrogens is 430 g/mol. The quantitative estimate of drug-likeness (QED) is 0.292. The molecule has 0 heterocycles. The topological polar surface area (TPSA) is 89.0 Å². The molecule has 0 aliphatic carbocycles. The van der Waals surface area contributed by atoms with Crippen molar-refractivity contribution in [2.24, 2.45) is 5.10 Å². The Bertz CT molecular complexity index is 1190. The van der Waals surface area contributed by atoms with Crippen LogP contribution in [-0.4, -0.2) is 24.6 Å². The fourth-order valence-electron chi connectivity index (χ4n) is 3.24. The third-order valence-corrected chi connectivity index (χ3v) is 5.27. The second-order valence-electron chi connectivity index (χ2n) is 7.74. The second-order valence-corrected chi connectivity index (χ2v) is 7.74. The Morgan fingerprint density at radius 2 is 1.68 bits per heavy atom. The number of hydrazone groups is 1. The number of anilines is 1. The van der Waals surface area contributed by atoms with Crippen molar-refractivity contribution in [3.8, 4) is 11.5 Å². The van der Waals surface area contributed by atoms with Gasteiger partial charge in [0.15, 0.2) is 11.5 Å². The summed E-state index contributed by atoms with van der Waals surface area (Å²) in [5, 5.41) is 6.69. The standard InChI is InChI=1S/C27H29N3O4/c1-5-21-8-6-7-9-23(21)28-26(31)27(32)30-29-19(3)22-14-15-24(25(16-22)33-4)34-17-20-12-10-18(2)11-13-20/h6-16H,5,17H2,1-4H3,(H,28,31)(H,30,32)/b29-19+. The Morgan fingerprint density at radius 3 is 2.38 bits per heavy atom. The number of benzene rings is 3. The largest absolute Gasteiger partial charge is 0.493 e. The highest BCUT2D eigenvalue weighted by Gasteiger charge is 2.15. The van der Waals surface area contributed by atoms with Gasteiger partial charge in [0.05, 0.1) is 12.8 Å². The number of methoxy groups -OCH3 is 1. The molecule has 0 atom stereocenters. The van der Waals surface area contributed by atoms with E-state index in [4.69, 9.17) is 9.47 Å². The molecule has 0 radical (unpaired) electrons. The first-order valence-electron chi connectivity index (χ1n) is 11.0. The SMILES string of the molecule is CCc1ccccc1NC(=O)C(=O)N/N=C(\C)c1ccc(OCc2ccc(C)cc2)c(OC)c1. The monoisotopic (exact) mass is 459 g/mol. The van der Waals surface area contributed by atoms with Crippen molar-refractivity contribution < 1.29 is 19.1 Å². The van der Waals surface area contributed by atoms with Gasteiger partial charge in [-0.05, 0) is 55.7 Å². The molecule has 0 aromatic heterocycles. The Labute approximate surface area is 199 Å². The average Bonchev–Trinajstić information content (AvgIpc) is 2.86. The first kappa shape index (κ1) is 24.5. The Morgan fingerprint density at radius 1 is 0.941 bits per heavy atom. The van der Waals surface area contributed by atoms with Crippen molar-refractivity contribution in [2.45, 2.75) is 33.8 Å². The number of rotatable bonds is 8. The van der Waals surface area contributed by atoms with E-state index in [9.17, 15) is 9.59 Å². The van der Waals surface area contributed by atoms with E-state index >= 15 is 0 Å². The maximum Gasteiger partial charge on any atom is 0.329 e. The van der Waals surface area contributed by atoms with Gasteiger partial charge in [-0.1, -0.05) is 55.0 Å². The predicted octanol–water partition coefficient (Wildman–Crippen LogP) is 4.62. The van der Waals surface area contributed by atoms with Crippen LogP contribution >= 0.6 is 0 Å².